The number of imidazole rings is 1. The standard InChI is InChI=1S/C11H14N4O4/c1-2-17-11-18-3-7(4-19-11)15-6-14-8-9(15)12-5-13-10(8)16/h5-7,11H,2-4H2,1H3,(H,12,13,16). The van der Waals surface area contributed by atoms with Crippen LogP contribution in [0, 0.1) is 0 Å². The van der Waals surface area contributed by atoms with E-state index in [4.69, 9.17) is 14.2 Å². The minimum Gasteiger partial charge on any atom is -0.330 e. The molecule has 0 spiro atoms. The van der Waals surface area contributed by atoms with E-state index >= 15 is 0 Å². The molecule has 2 aromatic rings. The van der Waals surface area contributed by atoms with Crippen LogP contribution in [0.3, 0.4) is 0 Å². The summed E-state index contributed by atoms with van der Waals surface area (Å²) < 4.78 is 17.9. The normalized spacial score (nSPS) is 23.8. The molecule has 0 bridgehead atoms. The number of fused-ring (bicyclic) bond motifs is 1. The molecule has 2 aromatic heterocycles. The van der Waals surface area contributed by atoms with Crippen molar-refractivity contribution in [3.63, 3.8) is 0 Å². The molecule has 1 saturated heterocycles. The molecule has 1 N–H and O–H groups in total. The quantitative estimate of drug-likeness (QED) is 0.842. The zero-order chi connectivity index (χ0) is 13.2. The van der Waals surface area contributed by atoms with E-state index in [1.54, 1.807) is 10.9 Å². The van der Waals surface area contributed by atoms with Gasteiger partial charge in [-0.05, 0) is 6.92 Å². The Morgan fingerprint density at radius 1 is 1.47 bits per heavy atom. The molecular formula is C11H14N4O4. The minimum atomic E-state index is -0.618. The van der Waals surface area contributed by atoms with E-state index < -0.39 is 6.48 Å². The van der Waals surface area contributed by atoms with Crippen LogP contribution < -0.4 is 5.56 Å². The molecule has 102 valence electrons. The minimum absolute atomic E-state index is 0.0731. The first-order valence-electron chi connectivity index (χ1n) is 6.04. The van der Waals surface area contributed by atoms with Gasteiger partial charge < -0.3 is 23.8 Å². The van der Waals surface area contributed by atoms with Gasteiger partial charge >= 0.3 is 0 Å². The lowest BCUT2D eigenvalue weighted by molar-refractivity contribution is -0.317. The van der Waals surface area contributed by atoms with E-state index in [1.807, 2.05) is 6.92 Å². The first-order valence-corrected chi connectivity index (χ1v) is 6.04. The van der Waals surface area contributed by atoms with Gasteiger partial charge in [0, 0.05) is 6.61 Å². The largest absolute Gasteiger partial charge is 0.330 e. The highest BCUT2D eigenvalue weighted by Crippen LogP contribution is 2.19. The van der Waals surface area contributed by atoms with Crippen LogP contribution >= 0.6 is 0 Å². The summed E-state index contributed by atoms with van der Waals surface area (Å²) in [7, 11) is 0. The van der Waals surface area contributed by atoms with Crippen molar-refractivity contribution in [3.8, 4) is 0 Å². The number of aromatic amines is 1. The van der Waals surface area contributed by atoms with Crippen molar-refractivity contribution in [2.75, 3.05) is 19.8 Å². The van der Waals surface area contributed by atoms with Gasteiger partial charge in [0.25, 0.3) is 12.0 Å². The summed E-state index contributed by atoms with van der Waals surface area (Å²) >= 11 is 0. The van der Waals surface area contributed by atoms with Crippen LogP contribution in [0.2, 0.25) is 0 Å². The number of ether oxygens (including phenoxy) is 3. The third-order valence-corrected chi connectivity index (χ3v) is 2.91. The molecule has 0 atom stereocenters. The third-order valence-electron chi connectivity index (χ3n) is 2.91. The molecule has 3 heterocycles. The summed E-state index contributed by atoms with van der Waals surface area (Å²) in [6.07, 6.45) is 2.93. The summed E-state index contributed by atoms with van der Waals surface area (Å²) in [5.41, 5.74) is 0.582. The van der Waals surface area contributed by atoms with Crippen LogP contribution in [-0.4, -0.2) is 45.8 Å². The summed E-state index contributed by atoms with van der Waals surface area (Å²) in [5, 5.41) is 0. The van der Waals surface area contributed by atoms with Crippen LogP contribution in [0.5, 0.6) is 0 Å². The van der Waals surface area contributed by atoms with E-state index in [2.05, 4.69) is 15.0 Å². The fraction of sp³-hybridized carbons (Fsp3) is 0.545. The Morgan fingerprint density at radius 3 is 3.00 bits per heavy atom. The molecule has 0 aliphatic carbocycles. The Morgan fingerprint density at radius 2 is 2.26 bits per heavy atom. The highest BCUT2D eigenvalue weighted by atomic mass is 16.8. The number of nitrogens with one attached hydrogen (secondary N) is 1. The number of aromatic nitrogens is 4. The second kappa shape index (κ2) is 5.08. The molecule has 19 heavy (non-hydrogen) atoms. The highest BCUT2D eigenvalue weighted by Gasteiger charge is 2.25. The van der Waals surface area contributed by atoms with Gasteiger partial charge in [0.2, 0.25) is 0 Å². The Labute approximate surface area is 108 Å². The van der Waals surface area contributed by atoms with E-state index in [-0.39, 0.29) is 11.6 Å². The van der Waals surface area contributed by atoms with Gasteiger partial charge in [-0.2, -0.15) is 0 Å². The molecule has 0 saturated carbocycles. The number of H-pyrrole nitrogens is 1. The van der Waals surface area contributed by atoms with Gasteiger partial charge in [-0.1, -0.05) is 0 Å². The Balaban J connectivity index is 1.82. The lowest BCUT2D eigenvalue weighted by Gasteiger charge is -2.29. The van der Waals surface area contributed by atoms with Crippen LogP contribution in [-0.2, 0) is 14.2 Å². The van der Waals surface area contributed by atoms with Gasteiger partial charge in [-0.15, -0.1) is 0 Å². The summed E-state index contributed by atoms with van der Waals surface area (Å²) in [5.74, 6) is 0. The SMILES string of the molecule is CCOC1OCC(n2cnc3c(=O)[nH]cnc32)CO1. The molecule has 1 aliphatic heterocycles. The fourth-order valence-corrected chi connectivity index (χ4v) is 2.00. The topological polar surface area (TPSA) is 91.3 Å². The molecule has 3 rings (SSSR count). The van der Waals surface area contributed by atoms with Crippen LogP contribution in [0.4, 0.5) is 0 Å². The number of rotatable bonds is 3. The van der Waals surface area contributed by atoms with E-state index in [0.717, 1.165) is 0 Å². The lowest BCUT2D eigenvalue weighted by atomic mass is 10.3. The molecule has 8 heteroatoms. The van der Waals surface area contributed by atoms with Crippen molar-refractivity contribution < 1.29 is 14.2 Å². The monoisotopic (exact) mass is 266 g/mol. The van der Waals surface area contributed by atoms with Gasteiger partial charge in [0.05, 0.1) is 31.9 Å². The molecule has 8 nitrogen and oxygen atoms in total. The van der Waals surface area contributed by atoms with Crippen molar-refractivity contribution in [1.82, 2.24) is 19.5 Å². The molecule has 0 radical (unpaired) electrons. The van der Waals surface area contributed by atoms with Gasteiger partial charge in [-0.25, -0.2) is 9.97 Å². The van der Waals surface area contributed by atoms with Crippen LogP contribution in [0.1, 0.15) is 13.0 Å². The summed E-state index contributed by atoms with van der Waals surface area (Å²) in [6.45, 7) is 2.63. The number of hydrogen-bond acceptors (Lipinski definition) is 6. The Kier molecular flexibility index (Phi) is 3.28. The third kappa shape index (κ3) is 2.25. The second-order valence-corrected chi connectivity index (χ2v) is 4.12. The average molecular weight is 266 g/mol. The zero-order valence-corrected chi connectivity index (χ0v) is 10.4. The average Bonchev–Trinajstić information content (AvgIpc) is 2.85. The maximum Gasteiger partial charge on any atom is 0.278 e. The van der Waals surface area contributed by atoms with Gasteiger partial charge in [0.15, 0.2) is 11.2 Å². The van der Waals surface area contributed by atoms with Crippen molar-refractivity contribution in [2.24, 2.45) is 0 Å². The van der Waals surface area contributed by atoms with Gasteiger partial charge in [-0.3, -0.25) is 4.79 Å². The maximum absolute atomic E-state index is 11.6. The van der Waals surface area contributed by atoms with Gasteiger partial charge in [0.1, 0.15) is 0 Å². The smallest absolute Gasteiger partial charge is 0.278 e. The molecular weight excluding hydrogens is 252 g/mol. The Hall–Kier alpha value is -1.77. The first kappa shape index (κ1) is 12.3. The maximum atomic E-state index is 11.6. The first-order chi connectivity index (χ1) is 9.29. The molecule has 0 unspecified atom stereocenters. The predicted octanol–water partition coefficient (Wildman–Crippen LogP) is 0.0276. The number of nitrogens with zero attached hydrogens (tertiary/aromatic N) is 3. The Bertz CT molecular complexity index is 614. The summed E-state index contributed by atoms with van der Waals surface area (Å²) in [6, 6.07) is -0.0731. The van der Waals surface area contributed by atoms with Crippen molar-refractivity contribution in [3.05, 3.63) is 23.0 Å². The van der Waals surface area contributed by atoms with E-state index in [1.165, 1.54) is 6.33 Å². The zero-order valence-electron chi connectivity index (χ0n) is 10.4. The summed E-state index contributed by atoms with van der Waals surface area (Å²) in [4.78, 5) is 22.2. The molecule has 0 amide bonds. The lowest BCUT2D eigenvalue weighted by Crippen LogP contribution is -2.35. The van der Waals surface area contributed by atoms with E-state index in [9.17, 15) is 4.79 Å². The van der Waals surface area contributed by atoms with Crippen LogP contribution in [0.25, 0.3) is 11.2 Å². The van der Waals surface area contributed by atoms with Crippen LogP contribution in [0.15, 0.2) is 17.4 Å². The molecule has 1 fully saturated rings. The van der Waals surface area contributed by atoms with Crippen molar-refractivity contribution in [2.45, 2.75) is 19.4 Å². The van der Waals surface area contributed by atoms with E-state index in [0.29, 0.717) is 31.0 Å². The molecule has 1 aliphatic rings. The van der Waals surface area contributed by atoms with Crippen molar-refractivity contribution >= 4 is 11.2 Å². The predicted molar refractivity (Wildman–Crippen MR) is 64.5 cm³/mol. The number of hydrogen-bond donors (Lipinski definition) is 1. The fourth-order valence-electron chi connectivity index (χ4n) is 2.00. The highest BCUT2D eigenvalue weighted by molar-refractivity contribution is 5.68. The van der Waals surface area contributed by atoms with Crippen molar-refractivity contribution in [1.29, 1.82) is 0 Å². The molecule has 0 aromatic carbocycles. The second-order valence-electron chi connectivity index (χ2n) is 4.12.